The van der Waals surface area contributed by atoms with Crippen molar-refractivity contribution in [3.05, 3.63) is 35.4 Å². The number of hydrogen-bond donors (Lipinski definition) is 0. The molecule has 0 aromatic heterocycles. The van der Waals surface area contributed by atoms with Gasteiger partial charge in [0.25, 0.3) is 0 Å². The highest BCUT2D eigenvalue weighted by molar-refractivity contribution is 6.23. The van der Waals surface area contributed by atoms with E-state index >= 15 is 0 Å². The Bertz CT molecular complexity index is 436. The van der Waals surface area contributed by atoms with Gasteiger partial charge in [0, 0.05) is 1.37 Å². The molecule has 0 fully saturated rings. The van der Waals surface area contributed by atoms with E-state index in [2.05, 4.69) is 38.1 Å². The standard InChI is InChI=1S/C23H39Cl/c1-4-5-6-7-8-9-10-11-12-13-14-15-18-21-19-16-17-20-22(21)23(2,3)24/h16-17,19-20H,4-15,18H2,1-3H3/i1D. The lowest BCUT2D eigenvalue weighted by molar-refractivity contribution is 0.543. The van der Waals surface area contributed by atoms with Crippen LogP contribution in [0.15, 0.2) is 24.3 Å². The molecule has 0 amide bonds. The molecule has 1 rings (SSSR count). The first-order chi connectivity index (χ1) is 12.1. The topological polar surface area (TPSA) is 0 Å². The van der Waals surface area contributed by atoms with Crippen LogP contribution in [0.3, 0.4) is 0 Å². The fourth-order valence-electron chi connectivity index (χ4n) is 3.40. The highest BCUT2D eigenvalue weighted by Crippen LogP contribution is 2.31. The van der Waals surface area contributed by atoms with Gasteiger partial charge in [0.2, 0.25) is 0 Å². The fraction of sp³-hybridized carbons (Fsp3) is 0.739. The van der Waals surface area contributed by atoms with Crippen molar-refractivity contribution < 1.29 is 1.37 Å². The predicted molar refractivity (Wildman–Crippen MR) is 110 cm³/mol. The second kappa shape index (κ2) is 12.8. The van der Waals surface area contributed by atoms with Gasteiger partial charge < -0.3 is 0 Å². The van der Waals surface area contributed by atoms with Crippen molar-refractivity contribution in [1.29, 1.82) is 0 Å². The van der Waals surface area contributed by atoms with Gasteiger partial charge >= 0.3 is 0 Å². The van der Waals surface area contributed by atoms with Crippen LogP contribution in [0.1, 0.15) is 110 Å². The largest absolute Gasteiger partial charge is 0.115 e. The van der Waals surface area contributed by atoms with Gasteiger partial charge in [0.1, 0.15) is 0 Å². The number of benzene rings is 1. The quantitative estimate of drug-likeness (QED) is 0.233. The summed E-state index contributed by atoms with van der Waals surface area (Å²) in [7, 11) is 0. The molecule has 0 nitrogen and oxygen atoms in total. The van der Waals surface area contributed by atoms with E-state index in [0.29, 0.717) is 6.90 Å². The molecular weight excluding hydrogens is 312 g/mol. The Morgan fingerprint density at radius 3 is 1.83 bits per heavy atom. The molecule has 0 radical (unpaired) electrons. The lowest BCUT2D eigenvalue weighted by atomic mass is 9.93. The molecule has 1 aromatic carbocycles. The molecule has 0 saturated carbocycles. The molecule has 0 N–H and O–H groups in total. The Kier molecular flexibility index (Phi) is 10.6. The maximum Gasteiger partial charge on any atom is 0.0641 e. The molecule has 0 heterocycles. The summed E-state index contributed by atoms with van der Waals surface area (Å²) in [5.41, 5.74) is 2.72. The van der Waals surface area contributed by atoms with Crippen molar-refractivity contribution in [3.63, 3.8) is 0 Å². The van der Waals surface area contributed by atoms with E-state index in [1.165, 1.54) is 81.8 Å². The molecule has 1 aromatic rings. The molecule has 1 heteroatoms. The van der Waals surface area contributed by atoms with Crippen molar-refractivity contribution >= 4 is 11.6 Å². The Labute approximate surface area is 157 Å². The van der Waals surface area contributed by atoms with Crippen LogP contribution in [0.2, 0.25) is 0 Å². The van der Waals surface area contributed by atoms with Crippen LogP contribution in [0.25, 0.3) is 0 Å². The zero-order valence-electron chi connectivity index (χ0n) is 17.1. The Morgan fingerprint density at radius 1 is 0.792 bits per heavy atom. The summed E-state index contributed by atoms with van der Waals surface area (Å²) in [6, 6.07) is 8.64. The predicted octanol–water partition coefficient (Wildman–Crippen LogP) is 8.40. The van der Waals surface area contributed by atoms with Crippen molar-refractivity contribution in [2.24, 2.45) is 0 Å². The van der Waals surface area contributed by atoms with Gasteiger partial charge in [-0.2, -0.15) is 0 Å². The second-order valence-corrected chi connectivity index (χ2v) is 8.57. The number of aryl methyl sites for hydroxylation is 1. The van der Waals surface area contributed by atoms with Gasteiger partial charge in [-0.15, -0.1) is 11.6 Å². The smallest absolute Gasteiger partial charge is 0.0641 e. The van der Waals surface area contributed by atoms with Crippen molar-refractivity contribution in [3.8, 4) is 0 Å². The van der Waals surface area contributed by atoms with E-state index in [9.17, 15) is 0 Å². The molecule has 0 unspecified atom stereocenters. The number of unbranched alkanes of at least 4 members (excludes halogenated alkanes) is 11. The SMILES string of the molecule is [2H]CCCCCCCCCCCCCCc1ccccc1C(C)(C)Cl. The van der Waals surface area contributed by atoms with Crippen molar-refractivity contribution in [2.75, 3.05) is 0 Å². The minimum Gasteiger partial charge on any atom is -0.115 e. The average Bonchev–Trinajstić information content (AvgIpc) is 2.58. The first kappa shape index (κ1) is 19.8. The number of alkyl halides is 1. The van der Waals surface area contributed by atoms with E-state index in [-0.39, 0.29) is 4.87 Å². The van der Waals surface area contributed by atoms with E-state index in [0.717, 1.165) is 12.8 Å². The number of halogens is 1. The normalized spacial score (nSPS) is 12.4. The van der Waals surface area contributed by atoms with Gasteiger partial charge in [-0.25, -0.2) is 0 Å². The van der Waals surface area contributed by atoms with Crippen LogP contribution >= 0.6 is 11.6 Å². The molecular formula is C23H39Cl. The average molecular weight is 352 g/mol. The lowest BCUT2D eigenvalue weighted by Crippen LogP contribution is -2.10. The fourth-order valence-corrected chi connectivity index (χ4v) is 3.59. The first-order valence-corrected chi connectivity index (χ1v) is 10.5. The Hall–Kier alpha value is -0.490. The molecule has 0 aliphatic rings. The second-order valence-electron chi connectivity index (χ2n) is 7.62. The molecule has 0 spiro atoms. The lowest BCUT2D eigenvalue weighted by Gasteiger charge is -2.20. The third-order valence-electron chi connectivity index (χ3n) is 4.85. The summed E-state index contributed by atoms with van der Waals surface area (Å²) < 4.78 is 7.12. The van der Waals surface area contributed by atoms with Crippen molar-refractivity contribution in [2.45, 2.75) is 109 Å². The zero-order chi connectivity index (χ0) is 18.4. The van der Waals surface area contributed by atoms with Gasteiger partial charge in [0.05, 0.1) is 4.87 Å². The summed E-state index contributed by atoms with van der Waals surface area (Å²) in [4.78, 5) is -0.266. The molecule has 0 bridgehead atoms. The maximum atomic E-state index is 7.12. The van der Waals surface area contributed by atoms with Crippen LogP contribution in [0, 0.1) is 0 Å². The summed E-state index contributed by atoms with van der Waals surface area (Å²) in [6.45, 7) is 4.78. The van der Waals surface area contributed by atoms with E-state index in [4.69, 9.17) is 13.0 Å². The first-order valence-electron chi connectivity index (χ1n) is 10.8. The maximum absolute atomic E-state index is 7.12. The summed E-state index contributed by atoms with van der Waals surface area (Å²) >= 11 is 6.51. The highest BCUT2D eigenvalue weighted by atomic mass is 35.5. The van der Waals surface area contributed by atoms with E-state index in [1.807, 2.05) is 0 Å². The third kappa shape index (κ3) is 9.72. The van der Waals surface area contributed by atoms with Gasteiger partial charge in [-0.05, 0) is 37.8 Å². The zero-order valence-corrected chi connectivity index (χ0v) is 16.8. The van der Waals surface area contributed by atoms with Crippen LogP contribution in [0.4, 0.5) is 0 Å². The molecule has 0 aliphatic heterocycles. The molecule has 0 saturated heterocycles. The van der Waals surface area contributed by atoms with Crippen LogP contribution in [-0.2, 0) is 11.3 Å². The highest BCUT2D eigenvalue weighted by Gasteiger charge is 2.19. The molecule has 138 valence electrons. The van der Waals surface area contributed by atoms with E-state index in [1.54, 1.807) is 0 Å². The van der Waals surface area contributed by atoms with E-state index < -0.39 is 0 Å². The van der Waals surface area contributed by atoms with Gasteiger partial charge in [-0.1, -0.05) is 102 Å². The Balaban J connectivity index is 1.99. The summed E-state index contributed by atoms with van der Waals surface area (Å²) in [5, 5.41) is 0. The van der Waals surface area contributed by atoms with Crippen molar-refractivity contribution in [1.82, 2.24) is 0 Å². The van der Waals surface area contributed by atoms with Crippen LogP contribution in [-0.4, -0.2) is 0 Å². The monoisotopic (exact) mass is 351 g/mol. The summed E-state index contributed by atoms with van der Waals surface area (Å²) in [5.74, 6) is 0. The minimum atomic E-state index is -0.266. The Morgan fingerprint density at radius 2 is 1.29 bits per heavy atom. The minimum absolute atomic E-state index is 0.266. The van der Waals surface area contributed by atoms with Gasteiger partial charge in [0.15, 0.2) is 0 Å². The molecule has 24 heavy (non-hydrogen) atoms. The number of rotatable bonds is 14. The summed E-state index contributed by atoms with van der Waals surface area (Å²) in [6.07, 6.45) is 17.2. The molecule has 0 atom stereocenters. The van der Waals surface area contributed by atoms with Gasteiger partial charge in [-0.3, -0.25) is 0 Å². The number of hydrogen-bond acceptors (Lipinski definition) is 0. The molecule has 0 aliphatic carbocycles. The third-order valence-corrected chi connectivity index (χ3v) is 5.06. The van der Waals surface area contributed by atoms with Crippen LogP contribution < -0.4 is 0 Å². The van der Waals surface area contributed by atoms with Crippen LogP contribution in [0.5, 0.6) is 0 Å².